The van der Waals surface area contributed by atoms with Crippen LogP contribution in [0, 0.1) is 13.8 Å². The van der Waals surface area contributed by atoms with Gasteiger partial charge >= 0.3 is 0 Å². The third-order valence-corrected chi connectivity index (χ3v) is 7.43. The summed E-state index contributed by atoms with van der Waals surface area (Å²) in [5.74, 6) is 13.2. The Morgan fingerprint density at radius 3 is 2.52 bits per heavy atom. The minimum atomic E-state index is 0.245. The molecule has 40 heavy (non-hydrogen) atoms. The highest BCUT2D eigenvalue weighted by atomic mass is 15.4. The third-order valence-electron chi connectivity index (χ3n) is 7.43. The second-order valence-electron chi connectivity index (χ2n) is 10.3. The van der Waals surface area contributed by atoms with Crippen molar-refractivity contribution in [1.29, 1.82) is 0 Å². The van der Waals surface area contributed by atoms with Gasteiger partial charge in [0.05, 0.1) is 17.9 Å². The number of hydrogen-bond donors (Lipinski definition) is 4. The van der Waals surface area contributed by atoms with Crippen molar-refractivity contribution in [3.05, 3.63) is 100 Å². The SMILES string of the molecule is CCc1nc2c(C)cc(C)nc2n1Cc1ccc(-c2cc(N(N)/C=C(\N)C3=CCCC3)ccc2/C(N)=N/N)cc1. The minimum Gasteiger partial charge on any atom is -0.397 e. The number of aromatic nitrogens is 3. The predicted molar refractivity (Wildman–Crippen MR) is 163 cm³/mol. The number of fused-ring (bicyclic) bond motifs is 1. The summed E-state index contributed by atoms with van der Waals surface area (Å²) < 4.78 is 2.21. The van der Waals surface area contributed by atoms with E-state index in [-0.39, 0.29) is 5.84 Å². The molecule has 9 heteroatoms. The van der Waals surface area contributed by atoms with Gasteiger partial charge in [-0.25, -0.2) is 15.8 Å². The van der Waals surface area contributed by atoms with E-state index in [1.165, 1.54) is 0 Å². The van der Waals surface area contributed by atoms with Crippen LogP contribution in [0.25, 0.3) is 22.3 Å². The fraction of sp³-hybridized carbons (Fsp3) is 0.258. The van der Waals surface area contributed by atoms with Crippen LogP contribution >= 0.6 is 0 Å². The minimum absolute atomic E-state index is 0.245. The first-order valence-corrected chi connectivity index (χ1v) is 13.6. The van der Waals surface area contributed by atoms with Gasteiger partial charge in [0.25, 0.3) is 0 Å². The van der Waals surface area contributed by atoms with Gasteiger partial charge in [-0.3, -0.25) is 5.01 Å². The monoisotopic (exact) mass is 535 g/mol. The normalized spacial score (nSPS) is 14.2. The van der Waals surface area contributed by atoms with Gasteiger partial charge in [-0.15, -0.1) is 0 Å². The number of aryl methyl sites for hydroxylation is 3. The highest BCUT2D eigenvalue weighted by molar-refractivity contribution is 6.04. The standard InChI is InChI=1S/C31H37N9/c1-4-28-37-29-19(2)15-20(3)36-31(29)39(28)17-21-9-11-22(12-10-21)26-16-24(13-14-25(26)30(33)38-34)40(35)18-27(32)23-7-5-6-8-23/h7,9-16,18H,4-6,8,17,32,34-35H2,1-3H3,(H2,33,38)/b27-18-. The van der Waals surface area contributed by atoms with Crippen LogP contribution in [0.5, 0.6) is 0 Å². The molecule has 0 spiro atoms. The van der Waals surface area contributed by atoms with E-state index in [1.807, 2.05) is 25.1 Å². The number of imidazole rings is 1. The summed E-state index contributed by atoms with van der Waals surface area (Å²) in [5.41, 5.74) is 22.8. The first-order chi connectivity index (χ1) is 19.3. The number of hydrazine groups is 1. The van der Waals surface area contributed by atoms with Crippen LogP contribution in [0.4, 0.5) is 5.69 Å². The van der Waals surface area contributed by atoms with E-state index in [4.69, 9.17) is 33.1 Å². The zero-order valence-corrected chi connectivity index (χ0v) is 23.4. The number of rotatable bonds is 8. The molecule has 9 nitrogen and oxygen atoms in total. The number of anilines is 1. The van der Waals surface area contributed by atoms with Crippen molar-refractivity contribution < 1.29 is 0 Å². The summed E-state index contributed by atoms with van der Waals surface area (Å²) in [7, 11) is 0. The molecule has 0 aliphatic heterocycles. The fourth-order valence-electron chi connectivity index (χ4n) is 5.32. The second-order valence-corrected chi connectivity index (χ2v) is 10.3. The number of nitrogens with two attached hydrogens (primary N) is 4. The molecule has 1 aliphatic rings. The van der Waals surface area contributed by atoms with E-state index >= 15 is 0 Å². The van der Waals surface area contributed by atoms with Gasteiger partial charge in [0.2, 0.25) is 0 Å². The number of allylic oxidation sites excluding steroid dienone is 2. The van der Waals surface area contributed by atoms with Crippen LogP contribution in [0.3, 0.4) is 0 Å². The highest BCUT2D eigenvalue weighted by Crippen LogP contribution is 2.30. The number of nitrogens with zero attached hydrogens (tertiary/aromatic N) is 5. The smallest absolute Gasteiger partial charge is 0.160 e. The van der Waals surface area contributed by atoms with Crippen LogP contribution in [-0.2, 0) is 13.0 Å². The summed E-state index contributed by atoms with van der Waals surface area (Å²) in [6, 6.07) is 16.2. The van der Waals surface area contributed by atoms with Gasteiger partial charge in [-0.1, -0.05) is 37.3 Å². The van der Waals surface area contributed by atoms with Crippen molar-refractivity contribution in [2.24, 2.45) is 28.3 Å². The number of pyridine rings is 1. The van der Waals surface area contributed by atoms with Crippen LogP contribution < -0.4 is 28.2 Å². The zero-order valence-electron chi connectivity index (χ0n) is 23.4. The first kappa shape index (κ1) is 27.0. The van der Waals surface area contributed by atoms with Crippen LogP contribution in [-0.4, -0.2) is 20.4 Å². The van der Waals surface area contributed by atoms with Crippen LogP contribution in [0.15, 0.2) is 77.2 Å². The first-order valence-electron chi connectivity index (χ1n) is 13.6. The molecule has 0 unspecified atom stereocenters. The van der Waals surface area contributed by atoms with Gasteiger partial charge in [0, 0.05) is 23.9 Å². The Labute approximate surface area is 234 Å². The quantitative estimate of drug-likeness (QED) is 0.112. The molecule has 8 N–H and O–H groups in total. The molecule has 0 saturated heterocycles. The number of hydrogen-bond acceptors (Lipinski definition) is 7. The topological polar surface area (TPSA) is 150 Å². The molecular weight excluding hydrogens is 498 g/mol. The van der Waals surface area contributed by atoms with Crippen molar-refractivity contribution in [3.8, 4) is 11.1 Å². The molecule has 2 aromatic carbocycles. The number of amidine groups is 1. The van der Waals surface area contributed by atoms with E-state index in [9.17, 15) is 0 Å². The van der Waals surface area contributed by atoms with E-state index in [0.717, 1.165) is 87.4 Å². The average Bonchev–Trinajstić information content (AvgIpc) is 3.62. The molecule has 0 amide bonds. The van der Waals surface area contributed by atoms with Gasteiger partial charge in [-0.2, -0.15) is 5.10 Å². The molecule has 0 fully saturated rings. The fourth-order valence-corrected chi connectivity index (χ4v) is 5.32. The Bertz CT molecular complexity index is 1640. The molecule has 0 atom stereocenters. The molecule has 0 bridgehead atoms. The molecule has 2 heterocycles. The van der Waals surface area contributed by atoms with Crippen LogP contribution in [0.1, 0.15) is 54.4 Å². The maximum absolute atomic E-state index is 6.41. The van der Waals surface area contributed by atoms with E-state index in [0.29, 0.717) is 12.2 Å². The van der Waals surface area contributed by atoms with Gasteiger partial charge < -0.3 is 21.9 Å². The summed E-state index contributed by atoms with van der Waals surface area (Å²) in [4.78, 5) is 9.68. The van der Waals surface area contributed by atoms with Crippen molar-refractivity contribution in [1.82, 2.24) is 14.5 Å². The zero-order chi connectivity index (χ0) is 28.4. The Hall–Kier alpha value is -4.63. The lowest BCUT2D eigenvalue weighted by atomic mass is 9.97. The van der Waals surface area contributed by atoms with Crippen molar-refractivity contribution in [2.75, 3.05) is 5.01 Å². The number of benzene rings is 2. The maximum atomic E-state index is 6.41. The van der Waals surface area contributed by atoms with E-state index < -0.39 is 0 Å². The van der Waals surface area contributed by atoms with Crippen molar-refractivity contribution >= 4 is 22.7 Å². The lowest BCUT2D eigenvalue weighted by Crippen LogP contribution is -2.26. The Morgan fingerprint density at radius 1 is 1.07 bits per heavy atom. The Kier molecular flexibility index (Phi) is 7.57. The lowest BCUT2D eigenvalue weighted by molar-refractivity contribution is 0.745. The molecule has 0 saturated carbocycles. The van der Waals surface area contributed by atoms with Crippen molar-refractivity contribution in [2.45, 2.75) is 53.0 Å². The largest absolute Gasteiger partial charge is 0.397 e. The van der Waals surface area contributed by atoms with Gasteiger partial charge in [-0.05, 0) is 85.2 Å². The summed E-state index contributed by atoms with van der Waals surface area (Å²) in [5, 5.41) is 5.28. The molecular formula is C31H37N9. The lowest BCUT2D eigenvalue weighted by Gasteiger charge is -2.19. The number of hydrazone groups is 1. The van der Waals surface area contributed by atoms with Crippen LogP contribution in [0.2, 0.25) is 0 Å². The molecule has 1 aliphatic carbocycles. The predicted octanol–water partition coefficient (Wildman–Crippen LogP) is 4.50. The van der Waals surface area contributed by atoms with E-state index in [1.54, 1.807) is 11.2 Å². The highest BCUT2D eigenvalue weighted by Gasteiger charge is 2.16. The molecule has 0 radical (unpaired) electrons. The molecule has 4 aromatic rings. The van der Waals surface area contributed by atoms with Gasteiger partial charge in [0.1, 0.15) is 11.3 Å². The van der Waals surface area contributed by atoms with Crippen molar-refractivity contribution in [3.63, 3.8) is 0 Å². The Morgan fingerprint density at radius 2 is 1.85 bits per heavy atom. The second kappa shape index (κ2) is 11.2. The summed E-state index contributed by atoms with van der Waals surface area (Å²) in [6.07, 6.45) is 7.90. The summed E-state index contributed by atoms with van der Waals surface area (Å²) >= 11 is 0. The average molecular weight is 536 g/mol. The Balaban J connectivity index is 1.48. The summed E-state index contributed by atoms with van der Waals surface area (Å²) in [6.45, 7) is 6.90. The van der Waals surface area contributed by atoms with Gasteiger partial charge in [0.15, 0.2) is 11.5 Å². The third kappa shape index (κ3) is 5.28. The van der Waals surface area contributed by atoms with E-state index in [2.05, 4.69) is 59.9 Å². The maximum Gasteiger partial charge on any atom is 0.160 e. The molecule has 2 aromatic heterocycles. The molecule has 5 rings (SSSR count). The molecule has 206 valence electrons.